The Kier molecular flexibility index (Phi) is 5.00. The first-order valence-electron chi connectivity index (χ1n) is 7.47. The fourth-order valence-electron chi connectivity index (χ4n) is 2.34. The number of nitrogens with zero attached hydrogens (tertiary/aromatic N) is 3. The molecule has 0 N–H and O–H groups in total. The number of carbonyl (C=O) groups is 1. The summed E-state index contributed by atoms with van der Waals surface area (Å²) in [5.74, 6) is 0.770. The summed E-state index contributed by atoms with van der Waals surface area (Å²) in [5, 5.41) is 8.26. The normalized spacial score (nSPS) is 11.2. The van der Waals surface area contributed by atoms with Gasteiger partial charge in [-0.1, -0.05) is 19.0 Å². The van der Waals surface area contributed by atoms with Crippen LogP contribution in [0.15, 0.2) is 10.6 Å². The minimum absolute atomic E-state index is 0.109. The summed E-state index contributed by atoms with van der Waals surface area (Å²) in [4.78, 5) is 12.0. The molecule has 0 amide bonds. The molecule has 0 aliphatic carbocycles. The Hall–Kier alpha value is -2.11. The summed E-state index contributed by atoms with van der Waals surface area (Å²) in [5.41, 5.74) is 3.62. The first-order valence-corrected chi connectivity index (χ1v) is 7.47. The van der Waals surface area contributed by atoms with Gasteiger partial charge in [0, 0.05) is 23.9 Å². The van der Waals surface area contributed by atoms with Crippen LogP contribution < -0.4 is 0 Å². The van der Waals surface area contributed by atoms with Gasteiger partial charge >= 0.3 is 5.97 Å². The Bertz CT molecular complexity index is 656. The number of esters is 1. The van der Waals surface area contributed by atoms with Crippen LogP contribution in [0.3, 0.4) is 0 Å². The van der Waals surface area contributed by atoms with E-state index in [1.165, 1.54) is 0 Å². The Morgan fingerprint density at radius 1 is 1.36 bits per heavy atom. The van der Waals surface area contributed by atoms with Gasteiger partial charge in [0.1, 0.15) is 0 Å². The lowest BCUT2D eigenvalue weighted by atomic mass is 10.1. The quantitative estimate of drug-likeness (QED) is 0.767. The van der Waals surface area contributed by atoms with Crippen molar-refractivity contribution < 1.29 is 14.1 Å². The minimum atomic E-state index is -0.288. The molecule has 120 valence electrons. The van der Waals surface area contributed by atoms with Crippen LogP contribution in [0.5, 0.6) is 0 Å². The molecule has 2 heterocycles. The highest BCUT2D eigenvalue weighted by atomic mass is 16.5. The van der Waals surface area contributed by atoms with E-state index in [0.29, 0.717) is 11.7 Å². The summed E-state index contributed by atoms with van der Waals surface area (Å²) in [6.07, 6.45) is 0.225. The molecule has 0 fully saturated rings. The maximum absolute atomic E-state index is 12.0. The third kappa shape index (κ3) is 3.96. The molecule has 0 atom stereocenters. The molecule has 2 aromatic heterocycles. The second-order valence-corrected chi connectivity index (χ2v) is 6.00. The predicted molar refractivity (Wildman–Crippen MR) is 81.3 cm³/mol. The molecule has 22 heavy (non-hydrogen) atoms. The number of rotatable bonds is 6. The van der Waals surface area contributed by atoms with Gasteiger partial charge in [0.25, 0.3) is 0 Å². The van der Waals surface area contributed by atoms with Crippen LogP contribution in [-0.2, 0) is 29.1 Å². The van der Waals surface area contributed by atoms with Gasteiger partial charge in [-0.25, -0.2) is 0 Å². The monoisotopic (exact) mass is 305 g/mol. The highest BCUT2D eigenvalue weighted by molar-refractivity contribution is 5.73. The molecule has 2 rings (SSSR count). The highest BCUT2D eigenvalue weighted by Crippen LogP contribution is 2.16. The third-order valence-electron chi connectivity index (χ3n) is 3.44. The van der Waals surface area contributed by atoms with Crippen molar-refractivity contribution in [3.63, 3.8) is 0 Å². The first-order chi connectivity index (χ1) is 10.4. The van der Waals surface area contributed by atoms with E-state index in [-0.39, 0.29) is 19.0 Å². The molecule has 0 aliphatic rings. The highest BCUT2D eigenvalue weighted by Gasteiger charge is 2.16. The molecule has 0 aliphatic heterocycles. The van der Waals surface area contributed by atoms with Crippen LogP contribution in [0.1, 0.15) is 42.3 Å². The van der Waals surface area contributed by atoms with Gasteiger partial charge in [-0.15, -0.1) is 0 Å². The van der Waals surface area contributed by atoms with Crippen LogP contribution in [0.4, 0.5) is 0 Å². The van der Waals surface area contributed by atoms with Gasteiger partial charge in [-0.3, -0.25) is 9.48 Å². The lowest BCUT2D eigenvalue weighted by Crippen LogP contribution is -2.10. The maximum atomic E-state index is 12.0. The van der Waals surface area contributed by atoms with Crippen molar-refractivity contribution in [3.8, 4) is 0 Å². The molecule has 0 saturated heterocycles. The number of hydrogen-bond donors (Lipinski definition) is 0. The molecule has 0 saturated carbocycles. The van der Waals surface area contributed by atoms with E-state index in [1.807, 2.05) is 25.5 Å². The van der Waals surface area contributed by atoms with Crippen molar-refractivity contribution >= 4 is 5.97 Å². The smallest absolute Gasteiger partial charge is 0.310 e. The van der Waals surface area contributed by atoms with Crippen molar-refractivity contribution in [2.75, 3.05) is 0 Å². The number of aryl methyl sites for hydroxylation is 2. The Morgan fingerprint density at radius 2 is 2.09 bits per heavy atom. The summed E-state index contributed by atoms with van der Waals surface area (Å²) in [6.45, 7) is 11.0. The average molecular weight is 305 g/mol. The zero-order valence-electron chi connectivity index (χ0n) is 13.8. The van der Waals surface area contributed by atoms with E-state index >= 15 is 0 Å². The zero-order chi connectivity index (χ0) is 16.3. The molecule has 0 radical (unpaired) electrons. The van der Waals surface area contributed by atoms with E-state index in [0.717, 1.165) is 29.2 Å². The standard InChI is InChI=1S/C16H23N3O3/c1-10(2)8-19-13(5)15(12(4)17-19)7-16(20)21-9-14-6-11(3)18-22-14/h6,10H,7-9H2,1-5H3. The lowest BCUT2D eigenvalue weighted by molar-refractivity contribution is -0.144. The van der Waals surface area contributed by atoms with Crippen molar-refractivity contribution in [2.24, 2.45) is 5.92 Å². The van der Waals surface area contributed by atoms with E-state index < -0.39 is 0 Å². The van der Waals surface area contributed by atoms with Crippen molar-refractivity contribution in [3.05, 3.63) is 34.5 Å². The van der Waals surface area contributed by atoms with Crippen molar-refractivity contribution in [1.29, 1.82) is 0 Å². The van der Waals surface area contributed by atoms with Crippen LogP contribution in [0, 0.1) is 26.7 Å². The minimum Gasteiger partial charge on any atom is -0.457 e. The number of aromatic nitrogens is 3. The SMILES string of the molecule is Cc1cc(COC(=O)Cc2c(C)nn(CC(C)C)c2C)on1. The Balaban J connectivity index is 1.97. The molecule has 2 aromatic rings. The maximum Gasteiger partial charge on any atom is 0.310 e. The Morgan fingerprint density at radius 3 is 2.68 bits per heavy atom. The number of carbonyl (C=O) groups excluding carboxylic acids is 1. The number of ether oxygens (including phenoxy) is 1. The third-order valence-corrected chi connectivity index (χ3v) is 3.44. The van der Waals surface area contributed by atoms with Gasteiger partial charge in [-0.2, -0.15) is 5.10 Å². The second-order valence-electron chi connectivity index (χ2n) is 6.00. The zero-order valence-corrected chi connectivity index (χ0v) is 13.8. The van der Waals surface area contributed by atoms with Crippen LogP contribution in [-0.4, -0.2) is 20.9 Å². The van der Waals surface area contributed by atoms with Gasteiger partial charge in [0.2, 0.25) is 0 Å². The topological polar surface area (TPSA) is 70.2 Å². The molecule has 0 unspecified atom stereocenters. The fraction of sp³-hybridized carbons (Fsp3) is 0.562. The van der Waals surface area contributed by atoms with E-state index in [1.54, 1.807) is 6.07 Å². The summed E-state index contributed by atoms with van der Waals surface area (Å²) >= 11 is 0. The summed E-state index contributed by atoms with van der Waals surface area (Å²) < 4.78 is 12.2. The van der Waals surface area contributed by atoms with Gasteiger partial charge < -0.3 is 9.26 Å². The molecule has 0 spiro atoms. The van der Waals surface area contributed by atoms with Crippen LogP contribution in [0.25, 0.3) is 0 Å². The number of hydrogen-bond acceptors (Lipinski definition) is 5. The van der Waals surface area contributed by atoms with Crippen LogP contribution >= 0.6 is 0 Å². The van der Waals surface area contributed by atoms with Gasteiger partial charge in [0.05, 0.1) is 17.8 Å². The Labute approximate surface area is 130 Å². The van der Waals surface area contributed by atoms with Gasteiger partial charge in [-0.05, 0) is 26.7 Å². The fourth-order valence-corrected chi connectivity index (χ4v) is 2.34. The molecule has 0 aromatic carbocycles. The van der Waals surface area contributed by atoms with Crippen LogP contribution in [0.2, 0.25) is 0 Å². The lowest BCUT2D eigenvalue weighted by Gasteiger charge is -2.08. The molecule has 6 heteroatoms. The second kappa shape index (κ2) is 6.77. The summed E-state index contributed by atoms with van der Waals surface area (Å²) in [6, 6.07) is 1.75. The predicted octanol–water partition coefficient (Wildman–Crippen LogP) is 2.74. The van der Waals surface area contributed by atoms with Crippen molar-refractivity contribution in [2.45, 2.75) is 54.2 Å². The molecule has 6 nitrogen and oxygen atoms in total. The van der Waals surface area contributed by atoms with E-state index in [9.17, 15) is 4.79 Å². The van der Waals surface area contributed by atoms with E-state index in [2.05, 4.69) is 24.1 Å². The van der Waals surface area contributed by atoms with E-state index in [4.69, 9.17) is 9.26 Å². The average Bonchev–Trinajstić information content (AvgIpc) is 2.95. The molecule has 0 bridgehead atoms. The summed E-state index contributed by atoms with van der Waals surface area (Å²) in [7, 11) is 0. The molecular weight excluding hydrogens is 282 g/mol. The van der Waals surface area contributed by atoms with Crippen molar-refractivity contribution in [1.82, 2.24) is 14.9 Å². The first kappa shape index (κ1) is 16.3. The molecular formula is C16H23N3O3. The van der Waals surface area contributed by atoms with Gasteiger partial charge in [0.15, 0.2) is 12.4 Å². The largest absolute Gasteiger partial charge is 0.457 e.